The minimum Gasteiger partial charge on any atom is -0.310 e. The van der Waals surface area contributed by atoms with Crippen molar-refractivity contribution in [2.75, 3.05) is 9.80 Å². The summed E-state index contributed by atoms with van der Waals surface area (Å²) in [5, 5.41) is 0. The van der Waals surface area contributed by atoms with Crippen molar-refractivity contribution in [2.45, 2.75) is 26.7 Å². The molecule has 386 valence electrons. The number of para-hydroxylation sites is 2. The molecular formula is C78H64N2. The lowest BCUT2D eigenvalue weighted by atomic mass is 9.95. The van der Waals surface area contributed by atoms with Gasteiger partial charge in [0.25, 0.3) is 0 Å². The lowest BCUT2D eigenvalue weighted by Crippen LogP contribution is -2.12. The molecule has 0 saturated carbocycles. The van der Waals surface area contributed by atoms with Crippen LogP contribution in [0.25, 0.3) is 47.6 Å². The molecule has 11 aromatic rings. The topological polar surface area (TPSA) is 6.48 Å². The van der Waals surface area contributed by atoms with Crippen LogP contribution in [0.5, 0.6) is 0 Å². The van der Waals surface area contributed by atoms with Gasteiger partial charge in [0, 0.05) is 34.1 Å². The van der Waals surface area contributed by atoms with Crippen LogP contribution in [0.3, 0.4) is 0 Å². The van der Waals surface area contributed by atoms with Gasteiger partial charge in [-0.05, 0) is 164 Å². The van der Waals surface area contributed by atoms with E-state index in [4.69, 9.17) is 0 Å². The van der Waals surface area contributed by atoms with Gasteiger partial charge in [0.15, 0.2) is 0 Å². The number of benzene rings is 11. The van der Waals surface area contributed by atoms with Crippen LogP contribution in [0, 0.1) is 0 Å². The Balaban J connectivity index is 0.782. The Bertz CT molecular complexity index is 3530. The number of aryl methyl sites for hydroxylation is 2. The van der Waals surface area contributed by atoms with E-state index in [0.29, 0.717) is 0 Å². The molecule has 2 nitrogen and oxygen atoms in total. The van der Waals surface area contributed by atoms with Crippen LogP contribution in [0.2, 0.25) is 0 Å². The molecule has 0 amide bonds. The average Bonchev–Trinajstić information content (AvgIpc) is 3.53. The smallest absolute Gasteiger partial charge is 0.0493 e. The van der Waals surface area contributed by atoms with E-state index in [1.165, 1.54) is 55.9 Å². The first-order valence-electron chi connectivity index (χ1n) is 27.8. The monoisotopic (exact) mass is 1030 g/mol. The van der Waals surface area contributed by atoms with E-state index in [-0.39, 0.29) is 0 Å². The van der Waals surface area contributed by atoms with E-state index in [0.717, 1.165) is 69.0 Å². The first-order chi connectivity index (χ1) is 39.6. The Kier molecular flexibility index (Phi) is 16.5. The Morgan fingerprint density at radius 2 is 0.475 bits per heavy atom. The Morgan fingerprint density at radius 1 is 0.250 bits per heavy atom. The van der Waals surface area contributed by atoms with Crippen molar-refractivity contribution in [3.63, 3.8) is 0 Å². The molecule has 0 heterocycles. The quantitative estimate of drug-likeness (QED) is 0.0790. The Labute approximate surface area is 473 Å². The third-order valence-corrected chi connectivity index (χ3v) is 14.7. The SMILES string of the molecule is CCc1ccccc1N(c1ccc(C=C(c2ccccc2)c2ccccc2)cc1)c1ccc(/C=C/c2ccc(/C=C/c3ccc(N(c4ccc(C=C(c5ccccc5)c5ccccc5)cc4)c4ccccc4CC)cc3)cc2)cc1. The number of nitrogens with zero attached hydrogens (tertiary/aromatic N) is 2. The number of rotatable bonds is 18. The Morgan fingerprint density at radius 3 is 0.738 bits per heavy atom. The van der Waals surface area contributed by atoms with E-state index in [1.54, 1.807) is 0 Å². The summed E-state index contributed by atoms with van der Waals surface area (Å²) in [5.74, 6) is 0. The average molecular weight is 1030 g/mol. The normalized spacial score (nSPS) is 11.1. The van der Waals surface area contributed by atoms with Crippen LogP contribution < -0.4 is 9.80 Å². The van der Waals surface area contributed by atoms with Crippen molar-refractivity contribution in [3.05, 3.63) is 358 Å². The molecular weight excluding hydrogens is 965 g/mol. The molecule has 0 saturated heterocycles. The minimum atomic E-state index is 0.935. The standard InChI is InChI=1S/C78H64N2/c1-3-65-21-17-19-31-77(65)79(73-53-45-63(46-54-73)57-75(67-23-9-5-10-24-67)68-25-11-6-12-26-68)71-49-41-61(42-50-71)39-37-59-33-35-60(36-34-59)38-40-62-43-51-72(52-44-62)80(78-32-20-18-22-66(78)4-2)74-55-47-64(48-56-74)58-76(69-27-13-7-14-28-69)70-29-15-8-16-30-70/h5-58H,3-4H2,1-2H3/b39-37+,40-38+. The fraction of sp³-hybridized carbons (Fsp3) is 0.0513. The zero-order chi connectivity index (χ0) is 54.3. The summed E-state index contributed by atoms with van der Waals surface area (Å²) in [4.78, 5) is 4.76. The van der Waals surface area contributed by atoms with Crippen molar-refractivity contribution in [3.8, 4) is 0 Å². The summed E-state index contributed by atoms with van der Waals surface area (Å²) < 4.78 is 0. The highest BCUT2D eigenvalue weighted by Gasteiger charge is 2.18. The fourth-order valence-electron chi connectivity index (χ4n) is 10.4. The number of anilines is 6. The first-order valence-corrected chi connectivity index (χ1v) is 27.8. The second kappa shape index (κ2) is 25.4. The minimum absolute atomic E-state index is 0.935. The van der Waals surface area contributed by atoms with Crippen molar-refractivity contribution in [2.24, 2.45) is 0 Å². The van der Waals surface area contributed by atoms with E-state index in [2.05, 4.69) is 351 Å². The van der Waals surface area contributed by atoms with Crippen LogP contribution >= 0.6 is 0 Å². The van der Waals surface area contributed by atoms with Gasteiger partial charge in [-0.25, -0.2) is 0 Å². The molecule has 0 aliphatic carbocycles. The number of hydrogen-bond donors (Lipinski definition) is 0. The highest BCUT2D eigenvalue weighted by atomic mass is 15.1. The summed E-state index contributed by atoms with van der Waals surface area (Å²) in [6.07, 6.45) is 15.2. The maximum Gasteiger partial charge on any atom is 0.0493 e. The molecule has 0 aliphatic heterocycles. The summed E-state index contributed by atoms with van der Waals surface area (Å²) in [6, 6.07) is 104. The van der Waals surface area contributed by atoms with Crippen molar-refractivity contribution < 1.29 is 0 Å². The molecule has 0 aromatic heterocycles. The first kappa shape index (κ1) is 52.1. The van der Waals surface area contributed by atoms with Gasteiger partial charge in [0.05, 0.1) is 0 Å². The molecule has 80 heavy (non-hydrogen) atoms. The van der Waals surface area contributed by atoms with Crippen LogP contribution in [-0.2, 0) is 12.8 Å². The van der Waals surface area contributed by atoms with E-state index in [1.807, 2.05) is 0 Å². The van der Waals surface area contributed by atoms with Crippen LogP contribution in [0.4, 0.5) is 34.1 Å². The highest BCUT2D eigenvalue weighted by molar-refractivity contribution is 5.93. The molecule has 0 radical (unpaired) electrons. The predicted octanol–water partition coefficient (Wildman–Crippen LogP) is 21.3. The van der Waals surface area contributed by atoms with Gasteiger partial charge in [-0.3, -0.25) is 0 Å². The summed E-state index contributed by atoms with van der Waals surface area (Å²) >= 11 is 0. The van der Waals surface area contributed by atoms with E-state index in [9.17, 15) is 0 Å². The zero-order valence-corrected chi connectivity index (χ0v) is 45.5. The molecule has 0 spiro atoms. The third-order valence-electron chi connectivity index (χ3n) is 14.7. The van der Waals surface area contributed by atoms with Crippen LogP contribution in [0.1, 0.15) is 80.6 Å². The van der Waals surface area contributed by atoms with Gasteiger partial charge in [-0.1, -0.05) is 269 Å². The van der Waals surface area contributed by atoms with E-state index < -0.39 is 0 Å². The fourth-order valence-corrected chi connectivity index (χ4v) is 10.4. The third kappa shape index (κ3) is 12.5. The second-order valence-corrected chi connectivity index (χ2v) is 19.9. The molecule has 0 N–H and O–H groups in total. The lowest BCUT2D eigenvalue weighted by molar-refractivity contribution is 1.11. The van der Waals surface area contributed by atoms with Crippen molar-refractivity contribution in [1.29, 1.82) is 0 Å². The summed E-state index contributed by atoms with van der Waals surface area (Å²) in [5.41, 5.74) is 23.5. The van der Waals surface area contributed by atoms with Gasteiger partial charge in [0.2, 0.25) is 0 Å². The largest absolute Gasteiger partial charge is 0.310 e. The molecule has 0 fully saturated rings. The van der Waals surface area contributed by atoms with Gasteiger partial charge in [0.1, 0.15) is 0 Å². The van der Waals surface area contributed by atoms with Crippen molar-refractivity contribution in [1.82, 2.24) is 0 Å². The van der Waals surface area contributed by atoms with Gasteiger partial charge in [-0.2, -0.15) is 0 Å². The molecule has 0 atom stereocenters. The van der Waals surface area contributed by atoms with E-state index >= 15 is 0 Å². The zero-order valence-electron chi connectivity index (χ0n) is 45.5. The lowest BCUT2D eigenvalue weighted by Gasteiger charge is -2.27. The summed E-state index contributed by atoms with van der Waals surface area (Å²) in [7, 11) is 0. The maximum absolute atomic E-state index is 2.38. The summed E-state index contributed by atoms with van der Waals surface area (Å²) in [6.45, 7) is 4.45. The Hall–Kier alpha value is -10.0. The molecule has 2 heteroatoms. The van der Waals surface area contributed by atoms with Crippen LogP contribution in [0.15, 0.2) is 291 Å². The predicted molar refractivity (Wildman–Crippen MR) is 345 cm³/mol. The second-order valence-electron chi connectivity index (χ2n) is 19.9. The highest BCUT2D eigenvalue weighted by Crippen LogP contribution is 2.40. The maximum atomic E-state index is 2.38. The van der Waals surface area contributed by atoms with Gasteiger partial charge >= 0.3 is 0 Å². The molecule has 0 bridgehead atoms. The van der Waals surface area contributed by atoms with Gasteiger partial charge < -0.3 is 9.80 Å². The molecule has 0 unspecified atom stereocenters. The molecule has 0 aliphatic rings. The number of hydrogen-bond acceptors (Lipinski definition) is 2. The van der Waals surface area contributed by atoms with Gasteiger partial charge in [-0.15, -0.1) is 0 Å². The van der Waals surface area contributed by atoms with Crippen LogP contribution in [-0.4, -0.2) is 0 Å². The molecule has 11 aromatic carbocycles. The molecule has 11 rings (SSSR count). The van der Waals surface area contributed by atoms with Crippen molar-refractivity contribution >= 4 is 81.7 Å².